The lowest BCUT2D eigenvalue weighted by atomic mass is 10.1. The van der Waals surface area contributed by atoms with E-state index >= 15 is 0 Å². The van der Waals surface area contributed by atoms with Crippen LogP contribution in [0.3, 0.4) is 0 Å². The zero-order chi connectivity index (χ0) is 25.9. The number of halogens is 3. The van der Waals surface area contributed by atoms with Gasteiger partial charge >= 0.3 is 12.2 Å². The van der Waals surface area contributed by atoms with Gasteiger partial charge in [-0.15, -0.1) is 0 Å². The molecule has 1 fully saturated rings. The van der Waals surface area contributed by atoms with E-state index in [4.69, 9.17) is 0 Å². The van der Waals surface area contributed by atoms with Crippen LogP contribution in [-0.4, -0.2) is 24.1 Å². The maximum absolute atomic E-state index is 13.1. The molecule has 3 aromatic rings. The Morgan fingerprint density at radius 1 is 0.861 bits per heavy atom. The quantitative estimate of drug-likeness (QED) is 0.267. The smallest absolute Gasteiger partial charge is 0.276 e. The number of anilines is 1. The summed E-state index contributed by atoms with van der Waals surface area (Å²) < 4.78 is 39.2. The van der Waals surface area contributed by atoms with Crippen LogP contribution in [0.5, 0.6) is 0 Å². The fraction of sp³-hybridized carbons (Fsp3) is 0.120. The van der Waals surface area contributed by atoms with E-state index in [1.165, 1.54) is 6.07 Å². The molecule has 36 heavy (non-hydrogen) atoms. The van der Waals surface area contributed by atoms with E-state index in [2.05, 4.69) is 15.2 Å². The molecule has 1 N–H and O–H groups in total. The summed E-state index contributed by atoms with van der Waals surface area (Å²) in [6.07, 6.45) is -3.64. The Morgan fingerprint density at radius 3 is 2.06 bits per heavy atom. The molecule has 0 bridgehead atoms. The predicted octanol–water partition coefficient (Wildman–Crippen LogP) is 6.03. The van der Waals surface area contributed by atoms with E-state index < -0.39 is 35.5 Å². The number of nitrogens with zero attached hydrogens (tertiary/aromatic N) is 4. The third kappa shape index (κ3) is 5.52. The minimum absolute atomic E-state index is 0.318. The maximum Gasteiger partial charge on any atom is 0.416 e. The van der Waals surface area contributed by atoms with Gasteiger partial charge in [-0.05, 0) is 61.5 Å². The Hall–Kier alpha value is -4.67. The number of barbiturate groups is 1. The Bertz CT molecular complexity index is 1370. The third-order valence-corrected chi connectivity index (χ3v) is 5.17. The molecule has 1 atom stereocenters. The summed E-state index contributed by atoms with van der Waals surface area (Å²) >= 11 is 0. The number of aryl methyl sites for hydroxylation is 1. The van der Waals surface area contributed by atoms with Gasteiger partial charge in [-0.1, -0.05) is 23.8 Å². The first-order chi connectivity index (χ1) is 17.1. The number of urea groups is 1. The number of aliphatic imine (C=N–C) groups is 1. The van der Waals surface area contributed by atoms with Gasteiger partial charge < -0.3 is 0 Å². The fourth-order valence-corrected chi connectivity index (χ4v) is 3.28. The number of nitrogens with one attached hydrogen (secondary N) is 1. The van der Waals surface area contributed by atoms with E-state index in [1.807, 2.05) is 36.5 Å². The van der Waals surface area contributed by atoms with E-state index in [9.17, 15) is 27.6 Å². The maximum atomic E-state index is 13.1. The topological polar surface area (TPSA) is 104 Å². The summed E-state index contributed by atoms with van der Waals surface area (Å²) in [5.74, 6) is -3.46. The van der Waals surface area contributed by atoms with Crippen LogP contribution in [0.25, 0.3) is 0 Å². The van der Waals surface area contributed by atoms with Crippen molar-refractivity contribution < 1.29 is 27.6 Å². The average molecular weight is 493 g/mol. The van der Waals surface area contributed by atoms with E-state index in [0.717, 1.165) is 23.9 Å². The van der Waals surface area contributed by atoms with Crippen LogP contribution in [0.4, 0.5) is 40.7 Å². The summed E-state index contributed by atoms with van der Waals surface area (Å²) in [5, 5.41) is 10.2. The molecular weight excluding hydrogens is 475 g/mol. The second kappa shape index (κ2) is 9.90. The lowest BCUT2D eigenvalue weighted by Gasteiger charge is -2.28. The van der Waals surface area contributed by atoms with Gasteiger partial charge in [0.2, 0.25) is 5.91 Å². The molecule has 1 aliphatic heterocycles. The van der Waals surface area contributed by atoms with Crippen molar-refractivity contribution in [2.75, 3.05) is 4.90 Å². The van der Waals surface area contributed by atoms with Gasteiger partial charge in [0, 0.05) is 6.21 Å². The van der Waals surface area contributed by atoms with Crippen molar-refractivity contribution in [3.8, 4) is 0 Å². The highest BCUT2D eigenvalue weighted by Gasteiger charge is 2.41. The number of hydrogen-bond donors (Lipinski definition) is 1. The highest BCUT2D eigenvalue weighted by molar-refractivity contribution is 6.32. The number of imide groups is 2. The van der Waals surface area contributed by atoms with Crippen LogP contribution in [0, 0.1) is 12.8 Å². The molecule has 3 aromatic carbocycles. The van der Waals surface area contributed by atoms with Gasteiger partial charge in [0.25, 0.3) is 5.91 Å². The van der Waals surface area contributed by atoms with E-state index in [1.54, 1.807) is 24.3 Å². The zero-order valence-corrected chi connectivity index (χ0v) is 18.7. The van der Waals surface area contributed by atoms with Gasteiger partial charge in [-0.2, -0.15) is 23.4 Å². The normalized spacial score (nSPS) is 16.7. The van der Waals surface area contributed by atoms with Gasteiger partial charge in [-0.25, -0.2) is 9.69 Å². The van der Waals surface area contributed by atoms with Crippen LogP contribution in [0.2, 0.25) is 0 Å². The van der Waals surface area contributed by atoms with Crippen molar-refractivity contribution in [2.24, 2.45) is 21.1 Å². The molecule has 4 amide bonds. The molecule has 1 saturated heterocycles. The minimum Gasteiger partial charge on any atom is -0.276 e. The number of alkyl halides is 3. The van der Waals surface area contributed by atoms with Gasteiger partial charge in [0.15, 0.2) is 5.92 Å². The Kier molecular flexibility index (Phi) is 6.73. The lowest BCUT2D eigenvalue weighted by molar-refractivity contribution is -0.138. The SMILES string of the molecule is Cc1ccc(N=Nc2ccc(N=C[C@H]3C(=O)NC(=O)N(c4cccc(C(F)(F)F)c4)C3=O)cc2)cc1. The largest absolute Gasteiger partial charge is 0.416 e. The van der Waals surface area contributed by atoms with Crippen molar-refractivity contribution in [1.29, 1.82) is 0 Å². The summed E-state index contributed by atoms with van der Waals surface area (Å²) in [7, 11) is 0. The molecule has 0 unspecified atom stereocenters. The van der Waals surface area contributed by atoms with Crippen LogP contribution < -0.4 is 10.2 Å². The van der Waals surface area contributed by atoms with Crippen molar-refractivity contribution in [2.45, 2.75) is 13.1 Å². The van der Waals surface area contributed by atoms with Gasteiger partial charge in [-0.3, -0.25) is 19.9 Å². The first-order valence-electron chi connectivity index (χ1n) is 10.6. The molecule has 0 saturated carbocycles. The summed E-state index contributed by atoms with van der Waals surface area (Å²) in [6, 6.07) is 16.5. The number of amides is 4. The van der Waals surface area contributed by atoms with E-state index in [-0.39, 0.29) is 5.69 Å². The number of hydrogen-bond acceptors (Lipinski definition) is 6. The molecule has 0 spiro atoms. The van der Waals surface area contributed by atoms with Crippen molar-refractivity contribution in [1.82, 2.24) is 5.32 Å². The second-order valence-corrected chi connectivity index (χ2v) is 7.82. The predicted molar refractivity (Wildman–Crippen MR) is 126 cm³/mol. The van der Waals surface area contributed by atoms with Crippen LogP contribution in [0.1, 0.15) is 11.1 Å². The van der Waals surface area contributed by atoms with Crippen LogP contribution in [0.15, 0.2) is 88.0 Å². The summed E-state index contributed by atoms with van der Waals surface area (Å²) in [5.41, 5.74) is 1.35. The monoisotopic (exact) mass is 493 g/mol. The number of benzene rings is 3. The zero-order valence-electron chi connectivity index (χ0n) is 18.7. The number of azo groups is 1. The third-order valence-electron chi connectivity index (χ3n) is 5.17. The molecule has 0 aromatic heterocycles. The molecule has 4 rings (SSSR count). The standard InChI is InChI=1S/C25H18F3N5O3/c1-15-5-7-18(8-6-15)31-32-19-11-9-17(10-12-19)29-14-21-22(34)30-24(36)33(23(21)35)20-4-2-3-16(13-20)25(26,27)28/h2-14,21H,1H3,(H,30,34,36)/t21-/m0/s1. The average Bonchev–Trinajstić information content (AvgIpc) is 2.84. The van der Waals surface area contributed by atoms with E-state index in [0.29, 0.717) is 28.0 Å². The Balaban J connectivity index is 1.50. The molecular formula is C25H18F3N5O3. The van der Waals surface area contributed by atoms with Gasteiger partial charge in [0.05, 0.1) is 28.3 Å². The van der Waals surface area contributed by atoms with Crippen molar-refractivity contribution >= 4 is 46.8 Å². The summed E-state index contributed by atoms with van der Waals surface area (Å²) in [6.45, 7) is 1.96. The number of rotatable bonds is 5. The molecule has 8 nitrogen and oxygen atoms in total. The first-order valence-corrected chi connectivity index (χ1v) is 10.6. The highest BCUT2D eigenvalue weighted by atomic mass is 19.4. The molecule has 11 heteroatoms. The minimum atomic E-state index is -4.67. The molecule has 1 heterocycles. The Labute approximate surface area is 203 Å². The second-order valence-electron chi connectivity index (χ2n) is 7.82. The Morgan fingerprint density at radius 2 is 1.44 bits per heavy atom. The molecule has 0 radical (unpaired) electrons. The molecule has 1 aliphatic rings. The summed E-state index contributed by atoms with van der Waals surface area (Å²) in [4.78, 5) is 42.0. The lowest BCUT2D eigenvalue weighted by Crippen LogP contribution is -2.58. The number of carbonyl (C=O) groups is 3. The first kappa shape index (κ1) is 24.5. The fourth-order valence-electron chi connectivity index (χ4n) is 3.28. The molecule has 182 valence electrons. The van der Waals surface area contributed by atoms with Crippen molar-refractivity contribution in [3.05, 3.63) is 83.9 Å². The number of carbonyl (C=O) groups excluding carboxylic acids is 3. The van der Waals surface area contributed by atoms with Crippen molar-refractivity contribution in [3.63, 3.8) is 0 Å². The van der Waals surface area contributed by atoms with Crippen LogP contribution >= 0.6 is 0 Å². The highest BCUT2D eigenvalue weighted by Crippen LogP contribution is 2.32. The molecule has 0 aliphatic carbocycles. The van der Waals surface area contributed by atoms with Gasteiger partial charge in [0.1, 0.15) is 0 Å². The van der Waals surface area contributed by atoms with Crippen LogP contribution in [-0.2, 0) is 15.8 Å².